The molecule has 96 valence electrons. The summed E-state index contributed by atoms with van der Waals surface area (Å²) in [6.07, 6.45) is 5.05. The second kappa shape index (κ2) is 8.46. The van der Waals surface area contributed by atoms with E-state index in [4.69, 9.17) is 0 Å². The Kier molecular flexibility index (Phi) is 7.18. The third-order valence-electron chi connectivity index (χ3n) is 2.55. The van der Waals surface area contributed by atoms with E-state index in [1.807, 2.05) is 11.8 Å². The van der Waals surface area contributed by atoms with Gasteiger partial charge in [-0.05, 0) is 42.4 Å². The smallest absolute Gasteiger partial charge is 0.0374 e. The minimum absolute atomic E-state index is 1.11. The molecule has 0 fully saturated rings. The summed E-state index contributed by atoms with van der Waals surface area (Å²) in [5.41, 5.74) is 2.83. The summed E-state index contributed by atoms with van der Waals surface area (Å²) in [5.74, 6) is 1.25. The molecule has 1 N–H and O–H groups in total. The number of thioether (sulfide) groups is 1. The third kappa shape index (κ3) is 5.03. The minimum atomic E-state index is 1.11. The first-order valence-electron chi connectivity index (χ1n) is 6.81. The lowest BCUT2D eigenvalue weighted by Crippen LogP contribution is -1.90. The highest BCUT2D eigenvalue weighted by Gasteiger charge is 2.09. The highest BCUT2D eigenvalue weighted by molar-refractivity contribution is 7.99. The zero-order valence-electron chi connectivity index (χ0n) is 11.4. The SMILES string of the molecule is CCC.CCCCSc1ccc2c(c1)CCN2. The van der Waals surface area contributed by atoms with Crippen LogP contribution in [0.15, 0.2) is 23.1 Å². The molecule has 0 aromatic heterocycles. The van der Waals surface area contributed by atoms with Crippen LogP contribution >= 0.6 is 11.8 Å². The summed E-state index contributed by atoms with van der Waals surface area (Å²) in [5, 5.41) is 3.39. The van der Waals surface area contributed by atoms with Crippen molar-refractivity contribution in [3.05, 3.63) is 23.8 Å². The Bertz CT molecular complexity index is 323. The van der Waals surface area contributed by atoms with Gasteiger partial charge in [0, 0.05) is 17.1 Å². The van der Waals surface area contributed by atoms with Crippen LogP contribution in [0.3, 0.4) is 0 Å². The van der Waals surface area contributed by atoms with Crippen molar-refractivity contribution in [2.45, 2.75) is 51.3 Å². The van der Waals surface area contributed by atoms with Gasteiger partial charge in [-0.15, -0.1) is 11.8 Å². The summed E-state index contributed by atoms with van der Waals surface area (Å²) >= 11 is 1.98. The van der Waals surface area contributed by atoms with Crippen molar-refractivity contribution < 1.29 is 0 Å². The lowest BCUT2D eigenvalue weighted by Gasteiger charge is -2.03. The molecule has 0 amide bonds. The van der Waals surface area contributed by atoms with E-state index in [-0.39, 0.29) is 0 Å². The van der Waals surface area contributed by atoms with E-state index in [1.165, 1.54) is 47.6 Å². The molecule has 0 unspecified atom stereocenters. The number of hydrogen-bond acceptors (Lipinski definition) is 2. The average molecular weight is 251 g/mol. The molecular weight excluding hydrogens is 226 g/mol. The number of fused-ring (bicyclic) bond motifs is 1. The van der Waals surface area contributed by atoms with E-state index in [0.29, 0.717) is 0 Å². The minimum Gasteiger partial charge on any atom is -0.384 e. The van der Waals surface area contributed by atoms with E-state index < -0.39 is 0 Å². The molecule has 2 rings (SSSR count). The molecule has 0 saturated carbocycles. The molecule has 1 aliphatic heterocycles. The van der Waals surface area contributed by atoms with Gasteiger partial charge in [-0.25, -0.2) is 0 Å². The number of benzene rings is 1. The number of rotatable bonds is 4. The average Bonchev–Trinajstić information content (AvgIpc) is 2.78. The standard InChI is InChI=1S/C12H17NS.C3H8/c1-2-3-8-14-11-4-5-12-10(9-11)6-7-13-12;1-3-2/h4-5,9,13H,2-3,6-8H2,1H3;3H2,1-2H3. The van der Waals surface area contributed by atoms with E-state index in [0.717, 1.165) is 6.54 Å². The van der Waals surface area contributed by atoms with E-state index in [1.54, 1.807) is 0 Å². The molecule has 0 radical (unpaired) electrons. The van der Waals surface area contributed by atoms with Gasteiger partial charge in [0.15, 0.2) is 0 Å². The number of nitrogens with one attached hydrogen (secondary N) is 1. The Morgan fingerprint density at radius 1 is 1.24 bits per heavy atom. The van der Waals surface area contributed by atoms with Crippen molar-refractivity contribution in [2.75, 3.05) is 17.6 Å². The molecule has 1 aromatic carbocycles. The number of hydrogen-bond donors (Lipinski definition) is 1. The fourth-order valence-electron chi connectivity index (χ4n) is 1.71. The van der Waals surface area contributed by atoms with Gasteiger partial charge >= 0.3 is 0 Å². The Morgan fingerprint density at radius 2 is 2.00 bits per heavy atom. The number of unbranched alkanes of at least 4 members (excludes halogenated alkanes) is 1. The van der Waals surface area contributed by atoms with Crippen LogP contribution in [0.4, 0.5) is 5.69 Å². The third-order valence-corrected chi connectivity index (χ3v) is 3.63. The van der Waals surface area contributed by atoms with E-state index >= 15 is 0 Å². The molecule has 2 heteroatoms. The summed E-state index contributed by atoms with van der Waals surface area (Å²) in [7, 11) is 0. The zero-order valence-corrected chi connectivity index (χ0v) is 12.2. The van der Waals surface area contributed by atoms with Gasteiger partial charge in [-0.3, -0.25) is 0 Å². The first kappa shape index (κ1) is 14.4. The van der Waals surface area contributed by atoms with Crippen molar-refractivity contribution in [2.24, 2.45) is 0 Å². The predicted molar refractivity (Wildman–Crippen MR) is 80.2 cm³/mol. The van der Waals surface area contributed by atoms with Crippen LogP contribution < -0.4 is 5.32 Å². The normalized spacial score (nSPS) is 12.4. The van der Waals surface area contributed by atoms with Crippen LogP contribution in [-0.2, 0) is 6.42 Å². The molecule has 0 spiro atoms. The molecule has 1 nitrogen and oxygen atoms in total. The lowest BCUT2D eigenvalue weighted by atomic mass is 10.2. The van der Waals surface area contributed by atoms with Crippen molar-refractivity contribution in [1.82, 2.24) is 0 Å². The summed E-state index contributed by atoms with van der Waals surface area (Å²) in [6, 6.07) is 6.80. The van der Waals surface area contributed by atoms with Gasteiger partial charge in [0.05, 0.1) is 0 Å². The molecule has 0 atom stereocenters. The summed E-state index contributed by atoms with van der Waals surface area (Å²) < 4.78 is 0. The molecule has 1 aromatic rings. The Hall–Kier alpha value is -0.630. The van der Waals surface area contributed by atoms with Crippen molar-refractivity contribution >= 4 is 17.4 Å². The summed E-state index contributed by atoms with van der Waals surface area (Å²) in [6.45, 7) is 7.60. The molecule has 17 heavy (non-hydrogen) atoms. The lowest BCUT2D eigenvalue weighted by molar-refractivity contribution is 0.896. The molecule has 0 bridgehead atoms. The topological polar surface area (TPSA) is 12.0 Å². The second-order valence-corrected chi connectivity index (χ2v) is 5.57. The Morgan fingerprint density at radius 3 is 2.71 bits per heavy atom. The highest BCUT2D eigenvalue weighted by atomic mass is 32.2. The molecule has 1 heterocycles. The largest absolute Gasteiger partial charge is 0.384 e. The maximum absolute atomic E-state index is 3.39. The first-order valence-corrected chi connectivity index (χ1v) is 7.79. The van der Waals surface area contributed by atoms with Crippen molar-refractivity contribution in [1.29, 1.82) is 0 Å². The second-order valence-electron chi connectivity index (χ2n) is 4.40. The quantitative estimate of drug-likeness (QED) is 0.599. The molecule has 1 aliphatic rings. The maximum Gasteiger partial charge on any atom is 0.0374 e. The van der Waals surface area contributed by atoms with Crippen molar-refractivity contribution in [3.63, 3.8) is 0 Å². The van der Waals surface area contributed by atoms with Gasteiger partial charge in [0.25, 0.3) is 0 Å². The molecule has 0 saturated heterocycles. The first-order chi connectivity index (χ1) is 8.31. The van der Waals surface area contributed by atoms with Crippen LogP contribution in [0.2, 0.25) is 0 Å². The van der Waals surface area contributed by atoms with Gasteiger partial charge < -0.3 is 5.32 Å². The van der Waals surface area contributed by atoms with E-state index in [9.17, 15) is 0 Å². The summed E-state index contributed by atoms with van der Waals surface area (Å²) in [4.78, 5) is 1.43. The van der Waals surface area contributed by atoms with Gasteiger partial charge in [-0.2, -0.15) is 0 Å². The van der Waals surface area contributed by atoms with Crippen LogP contribution in [0.5, 0.6) is 0 Å². The maximum atomic E-state index is 3.39. The van der Waals surface area contributed by atoms with Crippen LogP contribution in [0, 0.1) is 0 Å². The monoisotopic (exact) mass is 251 g/mol. The fourth-order valence-corrected chi connectivity index (χ4v) is 2.76. The zero-order chi connectivity index (χ0) is 12.5. The van der Waals surface area contributed by atoms with Crippen LogP contribution in [-0.4, -0.2) is 12.3 Å². The predicted octanol–water partition coefficient (Wildman–Crippen LogP) is 4.96. The van der Waals surface area contributed by atoms with Crippen molar-refractivity contribution in [3.8, 4) is 0 Å². The van der Waals surface area contributed by atoms with Gasteiger partial charge in [-0.1, -0.05) is 33.6 Å². The fraction of sp³-hybridized carbons (Fsp3) is 0.600. The van der Waals surface area contributed by atoms with E-state index in [2.05, 4.69) is 44.3 Å². The van der Waals surface area contributed by atoms with Gasteiger partial charge in [0.1, 0.15) is 0 Å². The molecular formula is C15H25NS. The van der Waals surface area contributed by atoms with Gasteiger partial charge in [0.2, 0.25) is 0 Å². The number of anilines is 1. The van der Waals surface area contributed by atoms with Crippen LogP contribution in [0.25, 0.3) is 0 Å². The Labute approximate surface area is 110 Å². The molecule has 0 aliphatic carbocycles. The van der Waals surface area contributed by atoms with Crippen LogP contribution in [0.1, 0.15) is 45.6 Å². The Balaban J connectivity index is 0.000000437. The highest BCUT2D eigenvalue weighted by Crippen LogP contribution is 2.28.